The third kappa shape index (κ3) is 4.25. The molecular formula is C14H27F3N4. The maximum absolute atomic E-state index is 12.2. The first-order valence-corrected chi connectivity index (χ1v) is 7.14. The van der Waals surface area contributed by atoms with Crippen molar-refractivity contribution in [1.29, 1.82) is 0 Å². The topological polar surface area (TPSA) is 30.9 Å². The molecule has 1 aliphatic heterocycles. The van der Waals surface area contributed by atoms with E-state index in [1.807, 2.05) is 0 Å². The van der Waals surface area contributed by atoms with Gasteiger partial charge in [0.15, 0.2) is 5.96 Å². The molecule has 1 N–H and O–H groups in total. The molecule has 0 aromatic rings. The fraction of sp³-hybridized carbons (Fsp3) is 0.929. The minimum atomic E-state index is -4.15. The summed E-state index contributed by atoms with van der Waals surface area (Å²) in [5.74, 6) is 0.750. The molecule has 21 heavy (non-hydrogen) atoms. The number of nitrogens with one attached hydrogen (secondary N) is 1. The zero-order valence-corrected chi connectivity index (χ0v) is 13.8. The molecule has 0 saturated carbocycles. The first kappa shape index (κ1) is 18.1. The fourth-order valence-electron chi connectivity index (χ4n) is 2.44. The van der Waals surface area contributed by atoms with Crippen LogP contribution in [0.25, 0.3) is 0 Å². The summed E-state index contributed by atoms with van der Waals surface area (Å²) in [6.07, 6.45) is -4.15. The molecule has 1 heterocycles. The monoisotopic (exact) mass is 308 g/mol. The lowest BCUT2D eigenvalue weighted by molar-refractivity contribution is -0.142. The lowest BCUT2D eigenvalue weighted by Crippen LogP contribution is -2.72. The van der Waals surface area contributed by atoms with Gasteiger partial charge in [-0.25, -0.2) is 0 Å². The van der Waals surface area contributed by atoms with Crippen molar-refractivity contribution in [3.63, 3.8) is 0 Å². The number of hydrogen-bond donors (Lipinski definition) is 1. The van der Waals surface area contributed by atoms with Crippen molar-refractivity contribution in [2.24, 2.45) is 10.4 Å². The number of likely N-dealkylation sites (tertiary alicyclic amines) is 1. The van der Waals surface area contributed by atoms with E-state index in [4.69, 9.17) is 0 Å². The van der Waals surface area contributed by atoms with E-state index in [2.05, 4.69) is 42.9 Å². The van der Waals surface area contributed by atoms with Crippen molar-refractivity contribution in [1.82, 2.24) is 15.1 Å². The average molecular weight is 308 g/mol. The molecule has 0 aromatic heterocycles. The highest BCUT2D eigenvalue weighted by Crippen LogP contribution is 2.46. The zero-order valence-electron chi connectivity index (χ0n) is 13.8. The number of rotatable bonds is 4. The Bertz CT molecular complexity index is 388. The Balaban J connectivity index is 2.44. The number of nitrogens with zero attached hydrogens (tertiary/aromatic N) is 3. The molecule has 0 radical (unpaired) electrons. The van der Waals surface area contributed by atoms with Crippen LogP contribution in [-0.2, 0) is 0 Å². The van der Waals surface area contributed by atoms with Crippen molar-refractivity contribution >= 4 is 5.96 Å². The van der Waals surface area contributed by atoms with E-state index in [1.165, 1.54) is 11.9 Å². The van der Waals surface area contributed by atoms with Crippen LogP contribution in [-0.4, -0.2) is 67.7 Å². The van der Waals surface area contributed by atoms with E-state index < -0.39 is 12.7 Å². The quantitative estimate of drug-likeness (QED) is 0.638. The highest BCUT2D eigenvalue weighted by Gasteiger charge is 2.53. The summed E-state index contributed by atoms with van der Waals surface area (Å²) in [5.41, 5.74) is 0.171. The van der Waals surface area contributed by atoms with Crippen LogP contribution in [0.2, 0.25) is 0 Å². The van der Waals surface area contributed by atoms with Crippen LogP contribution >= 0.6 is 0 Å². The molecule has 0 aliphatic carbocycles. The van der Waals surface area contributed by atoms with Crippen molar-refractivity contribution < 1.29 is 13.2 Å². The Morgan fingerprint density at radius 3 is 2.24 bits per heavy atom. The van der Waals surface area contributed by atoms with Crippen LogP contribution in [0.3, 0.4) is 0 Å². The third-order valence-electron chi connectivity index (χ3n) is 4.58. The number of aliphatic imine (C=N–C) groups is 1. The van der Waals surface area contributed by atoms with E-state index in [9.17, 15) is 13.2 Å². The Kier molecular flexibility index (Phi) is 5.18. The maximum Gasteiger partial charge on any atom is 0.401 e. The average Bonchev–Trinajstić information content (AvgIpc) is 2.30. The maximum atomic E-state index is 12.2. The first-order chi connectivity index (χ1) is 9.40. The lowest BCUT2D eigenvalue weighted by atomic mass is 9.65. The van der Waals surface area contributed by atoms with Gasteiger partial charge in [0.05, 0.1) is 6.54 Å². The van der Waals surface area contributed by atoms with E-state index in [0.717, 1.165) is 12.5 Å². The summed E-state index contributed by atoms with van der Waals surface area (Å²) in [6.45, 7) is 9.45. The van der Waals surface area contributed by atoms with Gasteiger partial charge in [-0.3, -0.25) is 9.89 Å². The van der Waals surface area contributed by atoms with Crippen LogP contribution < -0.4 is 5.32 Å². The van der Waals surface area contributed by atoms with Gasteiger partial charge in [-0.15, -0.1) is 0 Å². The minimum Gasteiger partial charge on any atom is -0.355 e. The number of likely N-dealkylation sites (N-methyl/N-ethyl adjacent to an activating group) is 1. The fourth-order valence-corrected chi connectivity index (χ4v) is 2.44. The molecule has 1 saturated heterocycles. The third-order valence-corrected chi connectivity index (χ3v) is 4.58. The summed E-state index contributed by atoms with van der Waals surface area (Å²) in [7, 11) is 3.16. The lowest BCUT2D eigenvalue weighted by Gasteiger charge is -2.62. The van der Waals surface area contributed by atoms with Gasteiger partial charge < -0.3 is 10.2 Å². The second-order valence-corrected chi connectivity index (χ2v) is 6.86. The van der Waals surface area contributed by atoms with Crippen molar-refractivity contribution in [3.8, 4) is 0 Å². The number of halogens is 3. The number of hydrogen-bond acceptors (Lipinski definition) is 2. The van der Waals surface area contributed by atoms with Gasteiger partial charge in [0.25, 0.3) is 0 Å². The highest BCUT2D eigenvalue weighted by molar-refractivity contribution is 5.82. The molecule has 0 atom stereocenters. The molecule has 4 nitrogen and oxygen atoms in total. The molecule has 1 fully saturated rings. The van der Waals surface area contributed by atoms with Gasteiger partial charge in [-0.1, -0.05) is 13.8 Å². The Hall–Kier alpha value is -0.980. The molecule has 1 rings (SSSR count). The van der Waals surface area contributed by atoms with Crippen LogP contribution in [0.4, 0.5) is 13.2 Å². The number of alkyl halides is 3. The van der Waals surface area contributed by atoms with Crippen LogP contribution in [0.15, 0.2) is 4.99 Å². The smallest absolute Gasteiger partial charge is 0.355 e. The van der Waals surface area contributed by atoms with E-state index >= 15 is 0 Å². The molecule has 0 spiro atoms. The summed E-state index contributed by atoms with van der Waals surface area (Å²) < 4.78 is 36.7. The molecule has 0 amide bonds. The largest absolute Gasteiger partial charge is 0.401 e. The van der Waals surface area contributed by atoms with Gasteiger partial charge in [0.1, 0.15) is 0 Å². The summed E-state index contributed by atoms with van der Waals surface area (Å²) in [6, 6.07) is 0. The van der Waals surface area contributed by atoms with Gasteiger partial charge in [0, 0.05) is 37.6 Å². The van der Waals surface area contributed by atoms with E-state index in [-0.39, 0.29) is 11.0 Å². The van der Waals surface area contributed by atoms with Gasteiger partial charge in [0.2, 0.25) is 0 Å². The van der Waals surface area contributed by atoms with Crippen LogP contribution in [0, 0.1) is 5.41 Å². The van der Waals surface area contributed by atoms with Gasteiger partial charge in [-0.2, -0.15) is 13.2 Å². The van der Waals surface area contributed by atoms with Crippen molar-refractivity contribution in [2.75, 3.05) is 40.3 Å². The molecule has 1 aliphatic rings. The predicted octanol–water partition coefficient (Wildman–Crippen LogP) is 2.18. The Labute approximate surface area is 125 Å². The molecule has 0 unspecified atom stereocenters. The molecule has 124 valence electrons. The Morgan fingerprint density at radius 2 is 1.86 bits per heavy atom. The second-order valence-electron chi connectivity index (χ2n) is 6.86. The number of guanidine groups is 1. The standard InChI is InChI=1S/C14H27F3N4/c1-12(2)9-21(13(12,3)4)11(18-5)19-7-8-20(6)10-14(15,16)17/h7-10H2,1-6H3,(H,18,19). The summed E-state index contributed by atoms with van der Waals surface area (Å²) in [5, 5.41) is 3.15. The van der Waals surface area contributed by atoms with Gasteiger partial charge in [-0.05, 0) is 20.9 Å². The molecular weight excluding hydrogens is 281 g/mol. The van der Waals surface area contributed by atoms with Gasteiger partial charge >= 0.3 is 6.18 Å². The van der Waals surface area contributed by atoms with Crippen molar-refractivity contribution in [2.45, 2.75) is 39.4 Å². The summed E-state index contributed by atoms with van der Waals surface area (Å²) in [4.78, 5) is 7.65. The molecule has 7 heteroatoms. The molecule has 0 aromatic carbocycles. The summed E-state index contributed by atoms with van der Waals surface area (Å²) >= 11 is 0. The predicted molar refractivity (Wildman–Crippen MR) is 79.5 cm³/mol. The van der Waals surface area contributed by atoms with Crippen LogP contribution in [0.1, 0.15) is 27.7 Å². The van der Waals surface area contributed by atoms with Crippen molar-refractivity contribution in [3.05, 3.63) is 0 Å². The normalized spacial score (nSPS) is 21.4. The van der Waals surface area contributed by atoms with Crippen LogP contribution in [0.5, 0.6) is 0 Å². The zero-order chi connectivity index (χ0) is 16.5. The Morgan fingerprint density at radius 1 is 1.29 bits per heavy atom. The second kappa shape index (κ2) is 6.02. The van der Waals surface area contributed by atoms with E-state index in [1.54, 1.807) is 7.05 Å². The SMILES string of the molecule is CN=C(NCCN(C)CC(F)(F)F)N1CC(C)(C)C1(C)C. The first-order valence-electron chi connectivity index (χ1n) is 7.14. The molecule has 0 bridgehead atoms. The minimum absolute atomic E-state index is 0.0211. The van der Waals surface area contributed by atoms with E-state index in [0.29, 0.717) is 13.1 Å². The highest BCUT2D eigenvalue weighted by atomic mass is 19.4.